The first-order chi connectivity index (χ1) is 16.9. The lowest BCUT2D eigenvalue weighted by molar-refractivity contribution is -0.112. The van der Waals surface area contributed by atoms with Crippen LogP contribution in [-0.4, -0.2) is 17.0 Å². The molecule has 0 aromatic heterocycles. The van der Waals surface area contributed by atoms with Crippen molar-refractivity contribution >= 4 is 57.0 Å². The van der Waals surface area contributed by atoms with E-state index in [-0.39, 0.29) is 11.1 Å². The van der Waals surface area contributed by atoms with Crippen LogP contribution in [0.2, 0.25) is 0 Å². The van der Waals surface area contributed by atoms with Crippen molar-refractivity contribution in [2.45, 2.75) is 6.61 Å². The summed E-state index contributed by atoms with van der Waals surface area (Å²) < 4.78 is 6.83. The summed E-state index contributed by atoms with van der Waals surface area (Å²) in [5, 5.41) is 23.5. The molecule has 1 amide bonds. The number of fused-ring (bicyclic) bond motifs is 1. The zero-order chi connectivity index (χ0) is 24.8. The van der Waals surface area contributed by atoms with Crippen molar-refractivity contribution < 1.29 is 19.4 Å². The van der Waals surface area contributed by atoms with E-state index in [0.717, 1.165) is 14.5 Å². The minimum atomic E-state index is -1.10. The zero-order valence-electron chi connectivity index (χ0n) is 18.4. The molecule has 0 bridgehead atoms. The number of hydrogen-bond acceptors (Lipinski definition) is 4. The molecule has 35 heavy (non-hydrogen) atoms. The number of nitriles is 1. The molecule has 4 aromatic rings. The van der Waals surface area contributed by atoms with Crippen LogP contribution in [0.25, 0.3) is 16.8 Å². The number of amides is 1. The minimum absolute atomic E-state index is 0.0409. The first kappa shape index (κ1) is 24.0. The Hall–Kier alpha value is -4.16. The summed E-state index contributed by atoms with van der Waals surface area (Å²) in [5.41, 5.74) is 1.95. The fourth-order valence-corrected chi connectivity index (χ4v) is 4.15. The smallest absolute Gasteiger partial charge is 0.335 e. The lowest BCUT2D eigenvalue weighted by atomic mass is 10.1. The molecule has 4 rings (SSSR count). The van der Waals surface area contributed by atoms with Gasteiger partial charge in [-0.1, -0.05) is 48.5 Å². The first-order valence-electron chi connectivity index (χ1n) is 10.6. The lowest BCUT2D eigenvalue weighted by Gasteiger charge is -2.10. The molecule has 0 unspecified atom stereocenters. The van der Waals surface area contributed by atoms with Crippen LogP contribution in [0, 0.1) is 14.9 Å². The van der Waals surface area contributed by atoms with E-state index in [9.17, 15) is 14.9 Å². The number of carbonyl (C=O) groups is 2. The van der Waals surface area contributed by atoms with Gasteiger partial charge in [-0.3, -0.25) is 4.79 Å². The summed E-state index contributed by atoms with van der Waals surface area (Å²) >= 11 is 2.15. The average molecular weight is 574 g/mol. The number of nitrogens with zero attached hydrogens (tertiary/aromatic N) is 1. The van der Waals surface area contributed by atoms with Gasteiger partial charge >= 0.3 is 5.97 Å². The SMILES string of the molecule is N#C/C(=C/c1ccc(OCc2ccc3ccccc3c2)c(I)c1)C(=O)Nc1cccc(C(=O)O)c1. The van der Waals surface area contributed by atoms with Crippen LogP contribution >= 0.6 is 22.6 Å². The fraction of sp³-hybridized carbons (Fsp3) is 0.0357. The Kier molecular flexibility index (Phi) is 7.43. The topological polar surface area (TPSA) is 99.4 Å². The van der Waals surface area contributed by atoms with Crippen molar-refractivity contribution in [1.82, 2.24) is 0 Å². The number of carbonyl (C=O) groups excluding carboxylic acids is 1. The quantitative estimate of drug-likeness (QED) is 0.154. The van der Waals surface area contributed by atoms with E-state index in [2.05, 4.69) is 52.2 Å². The second-order valence-corrected chi connectivity index (χ2v) is 8.83. The normalized spacial score (nSPS) is 11.0. The van der Waals surface area contributed by atoms with E-state index in [1.165, 1.54) is 29.7 Å². The molecule has 0 heterocycles. The number of benzene rings is 4. The van der Waals surface area contributed by atoms with Gasteiger partial charge in [-0.15, -0.1) is 0 Å². The van der Waals surface area contributed by atoms with Crippen LogP contribution in [0.5, 0.6) is 5.75 Å². The number of aromatic carboxylic acids is 1. The van der Waals surface area contributed by atoms with Gasteiger partial charge in [-0.05, 0) is 87.0 Å². The molecule has 7 heteroatoms. The summed E-state index contributed by atoms with van der Waals surface area (Å²) in [7, 11) is 0. The highest BCUT2D eigenvalue weighted by atomic mass is 127. The molecule has 0 radical (unpaired) electrons. The summed E-state index contributed by atoms with van der Waals surface area (Å²) in [6.45, 7) is 0.414. The van der Waals surface area contributed by atoms with Gasteiger partial charge in [0.05, 0.1) is 9.13 Å². The molecule has 0 aliphatic carbocycles. The van der Waals surface area contributed by atoms with Gasteiger partial charge in [0.2, 0.25) is 0 Å². The lowest BCUT2D eigenvalue weighted by Crippen LogP contribution is -2.14. The molecule has 0 saturated carbocycles. The number of carboxylic acid groups (broad SMARTS) is 1. The molecule has 0 fully saturated rings. The van der Waals surface area contributed by atoms with Crippen molar-refractivity contribution in [2.24, 2.45) is 0 Å². The number of rotatable bonds is 7. The highest BCUT2D eigenvalue weighted by Gasteiger charge is 2.12. The van der Waals surface area contributed by atoms with Gasteiger partial charge in [0, 0.05) is 5.69 Å². The number of halogens is 1. The molecular weight excluding hydrogens is 555 g/mol. The Morgan fingerprint density at radius 2 is 1.77 bits per heavy atom. The maximum atomic E-state index is 12.6. The van der Waals surface area contributed by atoms with Crippen LogP contribution in [-0.2, 0) is 11.4 Å². The first-order valence-corrected chi connectivity index (χ1v) is 11.7. The number of ether oxygens (including phenoxy) is 1. The molecular formula is C28H19IN2O4. The summed E-state index contributed by atoms with van der Waals surface area (Å²) in [5.74, 6) is -1.03. The zero-order valence-corrected chi connectivity index (χ0v) is 20.5. The third-order valence-corrected chi connectivity index (χ3v) is 6.05. The summed E-state index contributed by atoms with van der Waals surface area (Å²) in [6, 6.07) is 27.5. The van der Waals surface area contributed by atoms with Crippen molar-refractivity contribution in [3.05, 3.63) is 111 Å². The standard InChI is InChI=1S/C28H19IN2O4/c29-25-14-18(12-23(16-30)27(32)31-24-7-3-6-22(15-24)28(33)34)9-11-26(25)35-17-19-8-10-20-4-1-2-5-21(20)13-19/h1-15H,17H2,(H,31,32)(H,33,34)/b23-12-. The highest BCUT2D eigenvalue weighted by Crippen LogP contribution is 2.25. The van der Waals surface area contributed by atoms with Crippen molar-refractivity contribution in [3.63, 3.8) is 0 Å². The molecule has 0 aliphatic heterocycles. The van der Waals surface area contributed by atoms with E-state index in [0.29, 0.717) is 23.6 Å². The molecule has 2 N–H and O–H groups in total. The van der Waals surface area contributed by atoms with Crippen molar-refractivity contribution in [2.75, 3.05) is 5.32 Å². The van der Waals surface area contributed by atoms with E-state index >= 15 is 0 Å². The Bertz CT molecular complexity index is 1500. The van der Waals surface area contributed by atoms with E-state index in [4.69, 9.17) is 9.84 Å². The molecule has 0 spiro atoms. The molecule has 0 saturated heterocycles. The Labute approximate surface area is 215 Å². The molecule has 172 valence electrons. The van der Waals surface area contributed by atoms with Gasteiger partial charge in [-0.25, -0.2) is 4.79 Å². The Balaban J connectivity index is 1.45. The van der Waals surface area contributed by atoms with Crippen LogP contribution in [0.4, 0.5) is 5.69 Å². The molecule has 0 aliphatic rings. The Morgan fingerprint density at radius 1 is 0.971 bits per heavy atom. The van der Waals surface area contributed by atoms with Crippen molar-refractivity contribution in [3.8, 4) is 11.8 Å². The summed E-state index contributed by atoms with van der Waals surface area (Å²) in [6.07, 6.45) is 1.48. The summed E-state index contributed by atoms with van der Waals surface area (Å²) in [4.78, 5) is 23.7. The van der Waals surface area contributed by atoms with E-state index in [1.807, 2.05) is 30.3 Å². The van der Waals surface area contributed by atoms with Crippen LogP contribution in [0.1, 0.15) is 21.5 Å². The second kappa shape index (κ2) is 10.8. The molecule has 6 nitrogen and oxygen atoms in total. The van der Waals surface area contributed by atoms with Gasteiger partial charge in [0.1, 0.15) is 24.0 Å². The maximum Gasteiger partial charge on any atom is 0.335 e. The van der Waals surface area contributed by atoms with E-state index < -0.39 is 11.9 Å². The maximum absolute atomic E-state index is 12.6. The third kappa shape index (κ3) is 6.05. The van der Waals surface area contributed by atoms with Crippen LogP contribution in [0.3, 0.4) is 0 Å². The molecule has 0 atom stereocenters. The van der Waals surface area contributed by atoms with Crippen LogP contribution < -0.4 is 10.1 Å². The average Bonchev–Trinajstić information content (AvgIpc) is 2.86. The predicted molar refractivity (Wildman–Crippen MR) is 143 cm³/mol. The molecule has 4 aromatic carbocycles. The number of carboxylic acids is 1. The van der Waals surface area contributed by atoms with E-state index in [1.54, 1.807) is 18.2 Å². The van der Waals surface area contributed by atoms with Gasteiger partial charge < -0.3 is 15.2 Å². The largest absolute Gasteiger partial charge is 0.488 e. The van der Waals surface area contributed by atoms with Gasteiger partial charge in [-0.2, -0.15) is 5.26 Å². The van der Waals surface area contributed by atoms with Crippen molar-refractivity contribution in [1.29, 1.82) is 5.26 Å². The van der Waals surface area contributed by atoms with Gasteiger partial charge in [0.15, 0.2) is 0 Å². The Morgan fingerprint density at radius 3 is 2.51 bits per heavy atom. The highest BCUT2D eigenvalue weighted by molar-refractivity contribution is 14.1. The minimum Gasteiger partial charge on any atom is -0.488 e. The third-order valence-electron chi connectivity index (χ3n) is 5.21. The number of hydrogen-bond donors (Lipinski definition) is 2. The van der Waals surface area contributed by atoms with Crippen LogP contribution in [0.15, 0.2) is 90.5 Å². The monoisotopic (exact) mass is 574 g/mol. The predicted octanol–water partition coefficient (Wildman–Crippen LogP) is 6.27. The second-order valence-electron chi connectivity index (χ2n) is 7.67. The number of nitrogens with one attached hydrogen (secondary N) is 1. The van der Waals surface area contributed by atoms with Gasteiger partial charge in [0.25, 0.3) is 5.91 Å². The fourth-order valence-electron chi connectivity index (χ4n) is 3.46. The number of anilines is 1.